The molecule has 0 spiro atoms. The molecule has 5 heteroatoms. The topological polar surface area (TPSA) is 52.7 Å². The number of carbonyl (C=O) groups is 2. The van der Waals surface area contributed by atoms with Gasteiger partial charge >= 0.3 is 0 Å². The van der Waals surface area contributed by atoms with E-state index in [0.717, 1.165) is 32.6 Å². The molecule has 2 aliphatic rings. The molecule has 1 aliphatic heterocycles. The Balaban J connectivity index is 1.75. The van der Waals surface area contributed by atoms with E-state index in [-0.39, 0.29) is 23.7 Å². The summed E-state index contributed by atoms with van der Waals surface area (Å²) >= 11 is 0. The van der Waals surface area contributed by atoms with Crippen LogP contribution in [0.5, 0.6) is 0 Å². The molecule has 0 aromatic carbocycles. The second kappa shape index (κ2) is 5.90. The summed E-state index contributed by atoms with van der Waals surface area (Å²) in [6.45, 7) is 8.30. The Morgan fingerprint density at radius 1 is 1.16 bits per heavy atom. The zero-order chi connectivity index (χ0) is 14.0. The molecule has 2 atom stereocenters. The Kier molecular flexibility index (Phi) is 4.45. The Labute approximate surface area is 115 Å². The maximum absolute atomic E-state index is 12.2. The van der Waals surface area contributed by atoms with Crippen LogP contribution in [-0.4, -0.2) is 61.4 Å². The van der Waals surface area contributed by atoms with Crippen molar-refractivity contribution in [3.63, 3.8) is 0 Å². The first-order chi connectivity index (χ1) is 8.99. The van der Waals surface area contributed by atoms with Crippen molar-refractivity contribution < 1.29 is 9.59 Å². The average molecular weight is 267 g/mol. The molecular weight excluding hydrogens is 242 g/mol. The van der Waals surface area contributed by atoms with Crippen LogP contribution in [0.1, 0.15) is 20.3 Å². The van der Waals surface area contributed by atoms with E-state index in [1.807, 2.05) is 4.90 Å². The molecule has 5 nitrogen and oxygen atoms in total. The van der Waals surface area contributed by atoms with Crippen LogP contribution < -0.4 is 5.32 Å². The molecule has 0 aromatic heterocycles. The fourth-order valence-corrected chi connectivity index (χ4v) is 2.45. The second-order valence-corrected chi connectivity index (χ2v) is 6.22. The summed E-state index contributed by atoms with van der Waals surface area (Å²) in [6, 6.07) is 0. The van der Waals surface area contributed by atoms with E-state index >= 15 is 0 Å². The first-order valence-corrected chi connectivity index (χ1v) is 7.24. The lowest BCUT2D eigenvalue weighted by molar-refractivity contribution is -0.136. The lowest BCUT2D eigenvalue weighted by atomic mass is 10.2. The van der Waals surface area contributed by atoms with Gasteiger partial charge in [-0.2, -0.15) is 0 Å². The third kappa shape index (κ3) is 3.69. The van der Waals surface area contributed by atoms with Gasteiger partial charge in [-0.3, -0.25) is 9.59 Å². The van der Waals surface area contributed by atoms with Crippen LogP contribution >= 0.6 is 0 Å². The maximum atomic E-state index is 12.2. The fraction of sp³-hybridized carbons (Fsp3) is 0.857. The van der Waals surface area contributed by atoms with E-state index in [2.05, 4.69) is 31.1 Å². The predicted molar refractivity (Wildman–Crippen MR) is 73.5 cm³/mol. The molecule has 0 aromatic rings. The number of nitrogens with one attached hydrogen (secondary N) is 1. The van der Waals surface area contributed by atoms with Crippen molar-refractivity contribution in [1.82, 2.24) is 15.1 Å². The minimum Gasteiger partial charge on any atom is -0.356 e. The van der Waals surface area contributed by atoms with Gasteiger partial charge < -0.3 is 15.1 Å². The van der Waals surface area contributed by atoms with Crippen molar-refractivity contribution in [1.29, 1.82) is 0 Å². The van der Waals surface area contributed by atoms with Gasteiger partial charge in [0.25, 0.3) is 0 Å². The van der Waals surface area contributed by atoms with E-state index in [1.165, 1.54) is 0 Å². The standard InChI is InChI=1S/C14H25N3O2/c1-10(2)9-15-13(18)11-8-12(11)14(19)17-6-4-16(3)5-7-17/h10-12H,4-9H2,1-3H3,(H,15,18). The number of hydrogen-bond donors (Lipinski definition) is 1. The molecule has 2 rings (SSSR count). The van der Waals surface area contributed by atoms with Crippen LogP contribution in [0.25, 0.3) is 0 Å². The van der Waals surface area contributed by atoms with Crippen molar-refractivity contribution in [3.05, 3.63) is 0 Å². The van der Waals surface area contributed by atoms with Crippen LogP contribution in [-0.2, 0) is 9.59 Å². The minimum absolute atomic E-state index is 0.0566. The van der Waals surface area contributed by atoms with Gasteiger partial charge in [0.2, 0.25) is 11.8 Å². The van der Waals surface area contributed by atoms with Gasteiger partial charge in [-0.05, 0) is 19.4 Å². The average Bonchev–Trinajstić information content (AvgIpc) is 3.16. The zero-order valence-electron chi connectivity index (χ0n) is 12.2. The molecule has 1 saturated carbocycles. The van der Waals surface area contributed by atoms with Gasteiger partial charge in [0, 0.05) is 32.7 Å². The second-order valence-electron chi connectivity index (χ2n) is 6.22. The van der Waals surface area contributed by atoms with Gasteiger partial charge in [0.05, 0.1) is 11.8 Å². The van der Waals surface area contributed by atoms with E-state index < -0.39 is 0 Å². The summed E-state index contributed by atoms with van der Waals surface area (Å²) in [7, 11) is 2.07. The van der Waals surface area contributed by atoms with E-state index in [1.54, 1.807) is 0 Å². The van der Waals surface area contributed by atoms with Crippen molar-refractivity contribution in [2.24, 2.45) is 17.8 Å². The highest BCUT2D eigenvalue weighted by molar-refractivity contribution is 5.92. The normalized spacial score (nSPS) is 27.5. The molecule has 2 unspecified atom stereocenters. The number of carbonyl (C=O) groups excluding carboxylic acids is 2. The Morgan fingerprint density at radius 3 is 2.37 bits per heavy atom. The van der Waals surface area contributed by atoms with Crippen LogP contribution in [0.2, 0.25) is 0 Å². The summed E-state index contributed by atoms with van der Waals surface area (Å²) in [4.78, 5) is 28.3. The molecule has 108 valence electrons. The zero-order valence-corrected chi connectivity index (χ0v) is 12.2. The van der Waals surface area contributed by atoms with Gasteiger partial charge in [0.15, 0.2) is 0 Å². The smallest absolute Gasteiger partial charge is 0.226 e. The van der Waals surface area contributed by atoms with Gasteiger partial charge in [-0.1, -0.05) is 13.8 Å². The van der Waals surface area contributed by atoms with Crippen molar-refractivity contribution in [2.45, 2.75) is 20.3 Å². The van der Waals surface area contributed by atoms with Crippen LogP contribution in [0.3, 0.4) is 0 Å². The molecule has 2 amide bonds. The molecular formula is C14H25N3O2. The van der Waals surface area contributed by atoms with Crippen molar-refractivity contribution >= 4 is 11.8 Å². The van der Waals surface area contributed by atoms with Crippen LogP contribution in [0, 0.1) is 17.8 Å². The van der Waals surface area contributed by atoms with Crippen molar-refractivity contribution in [3.8, 4) is 0 Å². The summed E-state index contributed by atoms with van der Waals surface area (Å²) in [5.41, 5.74) is 0. The summed E-state index contributed by atoms with van der Waals surface area (Å²) in [5.74, 6) is 0.551. The van der Waals surface area contributed by atoms with Crippen LogP contribution in [0.4, 0.5) is 0 Å². The SMILES string of the molecule is CC(C)CNC(=O)C1CC1C(=O)N1CCN(C)CC1. The number of amides is 2. The highest BCUT2D eigenvalue weighted by Crippen LogP contribution is 2.40. The number of rotatable bonds is 4. The molecule has 1 saturated heterocycles. The summed E-state index contributed by atoms with van der Waals surface area (Å²) in [5, 5.41) is 2.92. The number of hydrogen-bond acceptors (Lipinski definition) is 3. The Hall–Kier alpha value is -1.10. The molecule has 19 heavy (non-hydrogen) atoms. The molecule has 2 fully saturated rings. The third-order valence-corrected chi connectivity index (χ3v) is 3.94. The van der Waals surface area contributed by atoms with Gasteiger partial charge in [0.1, 0.15) is 0 Å². The lowest BCUT2D eigenvalue weighted by Gasteiger charge is -2.32. The Morgan fingerprint density at radius 2 is 1.79 bits per heavy atom. The monoisotopic (exact) mass is 267 g/mol. The summed E-state index contributed by atoms with van der Waals surface area (Å²) in [6.07, 6.45) is 0.731. The molecule has 0 bridgehead atoms. The number of piperazine rings is 1. The number of likely N-dealkylation sites (N-methyl/N-ethyl adjacent to an activating group) is 1. The first kappa shape index (κ1) is 14.3. The van der Waals surface area contributed by atoms with Gasteiger partial charge in [-0.25, -0.2) is 0 Å². The predicted octanol–water partition coefficient (Wildman–Crippen LogP) is 0.169. The van der Waals surface area contributed by atoms with E-state index in [9.17, 15) is 9.59 Å². The fourth-order valence-electron chi connectivity index (χ4n) is 2.45. The third-order valence-electron chi connectivity index (χ3n) is 3.94. The first-order valence-electron chi connectivity index (χ1n) is 7.24. The van der Waals surface area contributed by atoms with E-state index in [4.69, 9.17) is 0 Å². The highest BCUT2D eigenvalue weighted by Gasteiger charge is 2.49. The molecule has 0 radical (unpaired) electrons. The maximum Gasteiger partial charge on any atom is 0.226 e. The molecule has 1 heterocycles. The van der Waals surface area contributed by atoms with Gasteiger partial charge in [-0.15, -0.1) is 0 Å². The Bertz CT molecular complexity index is 349. The lowest BCUT2D eigenvalue weighted by Crippen LogP contribution is -2.48. The summed E-state index contributed by atoms with van der Waals surface area (Å²) < 4.78 is 0. The van der Waals surface area contributed by atoms with Crippen molar-refractivity contribution in [2.75, 3.05) is 39.8 Å². The van der Waals surface area contributed by atoms with E-state index in [0.29, 0.717) is 12.5 Å². The largest absolute Gasteiger partial charge is 0.356 e. The molecule has 1 N–H and O–H groups in total. The van der Waals surface area contributed by atoms with Crippen LogP contribution in [0.15, 0.2) is 0 Å². The quantitative estimate of drug-likeness (QED) is 0.790. The number of nitrogens with zero attached hydrogens (tertiary/aromatic N) is 2. The molecule has 1 aliphatic carbocycles. The minimum atomic E-state index is -0.0779. The highest BCUT2D eigenvalue weighted by atomic mass is 16.2.